The zero-order valence-electron chi connectivity index (χ0n) is 18.8. The van der Waals surface area contributed by atoms with Gasteiger partial charge in [0.25, 0.3) is 5.69 Å². The number of halogens is 1. The highest BCUT2D eigenvalue weighted by Crippen LogP contribution is 2.36. The SMILES string of the molecule is C[C@@H]1[C@H](Cc2ccc(Cl)cc2)C(=O)N(c2cccc([N+](=O)[O-])c2)C(=S)N1[C@@H](C)c1ccccc1. The number of rotatable bonds is 6. The van der Waals surface area contributed by atoms with Gasteiger partial charge >= 0.3 is 0 Å². The standard InChI is InChI=1S/C26H24ClN3O3S/c1-17(20-7-4-3-5-8-20)28-18(2)24(15-19-11-13-21(27)14-12-19)25(31)29(26(28)34)22-9-6-10-23(16-22)30(32)33/h3-14,16-18,24H,15H2,1-2H3/t17-,18+,24-/m0/s1. The summed E-state index contributed by atoms with van der Waals surface area (Å²) in [6, 6.07) is 23.1. The van der Waals surface area contributed by atoms with E-state index in [4.69, 9.17) is 23.8 Å². The molecular weight excluding hydrogens is 470 g/mol. The molecule has 3 aromatic rings. The van der Waals surface area contributed by atoms with Crippen LogP contribution >= 0.6 is 23.8 Å². The number of nitrogens with zero attached hydrogens (tertiary/aromatic N) is 3. The maximum Gasteiger partial charge on any atom is 0.271 e. The summed E-state index contributed by atoms with van der Waals surface area (Å²) in [7, 11) is 0. The average Bonchev–Trinajstić information content (AvgIpc) is 2.83. The lowest BCUT2D eigenvalue weighted by molar-refractivity contribution is -0.384. The van der Waals surface area contributed by atoms with E-state index in [-0.39, 0.29) is 23.7 Å². The Hall–Kier alpha value is -3.29. The zero-order chi connectivity index (χ0) is 24.4. The first-order valence-electron chi connectivity index (χ1n) is 11.0. The molecule has 174 valence electrons. The van der Waals surface area contributed by atoms with E-state index in [1.165, 1.54) is 17.0 Å². The van der Waals surface area contributed by atoms with E-state index in [9.17, 15) is 14.9 Å². The smallest absolute Gasteiger partial charge is 0.271 e. The van der Waals surface area contributed by atoms with Crippen molar-refractivity contribution in [3.63, 3.8) is 0 Å². The fraction of sp³-hybridized carbons (Fsp3) is 0.231. The van der Waals surface area contributed by atoms with Crippen LogP contribution < -0.4 is 4.90 Å². The third-order valence-corrected chi connectivity index (χ3v) is 6.98. The normalized spacial score (nSPS) is 19.3. The second-order valence-corrected chi connectivity index (χ2v) is 9.21. The van der Waals surface area contributed by atoms with E-state index in [1.807, 2.05) is 61.5 Å². The van der Waals surface area contributed by atoms with Gasteiger partial charge in [0, 0.05) is 23.2 Å². The maximum absolute atomic E-state index is 13.8. The van der Waals surface area contributed by atoms with Crippen molar-refractivity contribution in [1.29, 1.82) is 0 Å². The summed E-state index contributed by atoms with van der Waals surface area (Å²) in [6.07, 6.45) is 0.489. The molecule has 3 aromatic carbocycles. The molecule has 1 fully saturated rings. The Morgan fingerprint density at radius 1 is 1.06 bits per heavy atom. The number of carbonyl (C=O) groups excluding carboxylic acids is 1. The van der Waals surface area contributed by atoms with Crippen LogP contribution in [-0.2, 0) is 11.2 Å². The molecule has 0 radical (unpaired) electrons. The van der Waals surface area contributed by atoms with Gasteiger partial charge in [-0.05, 0) is 61.8 Å². The molecule has 0 aromatic heterocycles. The molecule has 3 atom stereocenters. The van der Waals surface area contributed by atoms with Gasteiger partial charge in [0.1, 0.15) is 0 Å². The van der Waals surface area contributed by atoms with Crippen molar-refractivity contribution in [1.82, 2.24) is 4.90 Å². The molecule has 0 saturated carbocycles. The minimum atomic E-state index is -0.473. The van der Waals surface area contributed by atoms with Crippen LogP contribution in [0.15, 0.2) is 78.9 Å². The van der Waals surface area contributed by atoms with Gasteiger partial charge in [0.05, 0.1) is 22.6 Å². The Morgan fingerprint density at radius 3 is 2.38 bits per heavy atom. The topological polar surface area (TPSA) is 66.7 Å². The number of benzene rings is 3. The number of hydrogen-bond donors (Lipinski definition) is 0. The molecule has 1 aliphatic rings. The summed E-state index contributed by atoms with van der Waals surface area (Å²) >= 11 is 11.9. The van der Waals surface area contributed by atoms with Crippen LogP contribution in [0.1, 0.15) is 31.0 Å². The number of thiocarbonyl (C=S) groups is 1. The predicted molar refractivity (Wildman–Crippen MR) is 138 cm³/mol. The molecule has 0 spiro atoms. The number of carbonyl (C=O) groups is 1. The summed E-state index contributed by atoms with van der Waals surface area (Å²) in [4.78, 5) is 28.2. The number of nitro benzene ring substituents is 1. The Labute approximate surface area is 208 Å². The number of nitro groups is 1. The van der Waals surface area contributed by atoms with E-state index in [2.05, 4.69) is 11.8 Å². The van der Waals surface area contributed by atoms with Crippen LogP contribution in [0.5, 0.6) is 0 Å². The second kappa shape index (κ2) is 9.91. The zero-order valence-corrected chi connectivity index (χ0v) is 20.4. The highest BCUT2D eigenvalue weighted by molar-refractivity contribution is 7.80. The van der Waals surface area contributed by atoms with Crippen molar-refractivity contribution >= 4 is 46.2 Å². The summed E-state index contributed by atoms with van der Waals surface area (Å²) in [5.74, 6) is -0.595. The first-order valence-corrected chi connectivity index (χ1v) is 11.8. The Morgan fingerprint density at radius 2 is 1.74 bits per heavy atom. The van der Waals surface area contributed by atoms with Gasteiger partial charge in [-0.25, -0.2) is 0 Å². The molecule has 0 bridgehead atoms. The molecule has 1 heterocycles. The lowest BCUT2D eigenvalue weighted by atomic mass is 9.87. The summed E-state index contributed by atoms with van der Waals surface area (Å²) in [6.45, 7) is 4.06. The molecule has 34 heavy (non-hydrogen) atoms. The molecule has 0 aliphatic carbocycles. The summed E-state index contributed by atoms with van der Waals surface area (Å²) in [5, 5.41) is 12.4. The third kappa shape index (κ3) is 4.67. The monoisotopic (exact) mass is 493 g/mol. The number of hydrogen-bond acceptors (Lipinski definition) is 4. The lowest BCUT2D eigenvalue weighted by Gasteiger charge is -2.48. The Balaban J connectivity index is 1.78. The maximum atomic E-state index is 13.8. The molecule has 1 amide bonds. The number of non-ortho nitro benzene ring substituents is 1. The second-order valence-electron chi connectivity index (χ2n) is 8.40. The highest BCUT2D eigenvalue weighted by Gasteiger charge is 2.44. The van der Waals surface area contributed by atoms with Crippen LogP contribution in [-0.4, -0.2) is 26.9 Å². The molecular formula is C26H24ClN3O3S. The van der Waals surface area contributed by atoms with Crippen molar-refractivity contribution in [2.75, 3.05) is 4.90 Å². The van der Waals surface area contributed by atoms with Crippen molar-refractivity contribution in [2.45, 2.75) is 32.4 Å². The molecule has 0 unspecified atom stereocenters. The van der Waals surface area contributed by atoms with Gasteiger partial charge in [-0.1, -0.05) is 60.1 Å². The third-order valence-electron chi connectivity index (χ3n) is 6.34. The van der Waals surface area contributed by atoms with Crippen LogP contribution in [0.4, 0.5) is 11.4 Å². The van der Waals surface area contributed by atoms with Crippen molar-refractivity contribution in [3.8, 4) is 0 Å². The fourth-order valence-corrected chi connectivity index (χ4v) is 5.12. The summed E-state index contributed by atoms with van der Waals surface area (Å²) < 4.78 is 0. The van der Waals surface area contributed by atoms with Crippen molar-refractivity contribution in [2.24, 2.45) is 5.92 Å². The van der Waals surface area contributed by atoms with E-state index in [0.717, 1.165) is 11.1 Å². The predicted octanol–water partition coefficient (Wildman–Crippen LogP) is 6.19. The van der Waals surface area contributed by atoms with Crippen LogP contribution in [0.25, 0.3) is 0 Å². The fourth-order valence-electron chi connectivity index (χ4n) is 4.48. The molecule has 6 nitrogen and oxygen atoms in total. The van der Waals surface area contributed by atoms with Crippen molar-refractivity contribution < 1.29 is 9.72 Å². The van der Waals surface area contributed by atoms with Gasteiger partial charge in [0.2, 0.25) is 5.91 Å². The average molecular weight is 494 g/mol. The molecule has 0 N–H and O–H groups in total. The van der Waals surface area contributed by atoms with Crippen LogP contribution in [0, 0.1) is 16.0 Å². The quantitative estimate of drug-likeness (QED) is 0.232. The van der Waals surface area contributed by atoms with E-state index in [1.54, 1.807) is 12.1 Å². The minimum absolute atomic E-state index is 0.0939. The Bertz CT molecular complexity index is 1220. The van der Waals surface area contributed by atoms with E-state index in [0.29, 0.717) is 22.2 Å². The van der Waals surface area contributed by atoms with Crippen LogP contribution in [0.3, 0.4) is 0 Å². The summed E-state index contributed by atoms with van der Waals surface area (Å²) in [5.41, 5.74) is 2.34. The highest BCUT2D eigenvalue weighted by atomic mass is 35.5. The molecule has 4 rings (SSSR count). The van der Waals surface area contributed by atoms with E-state index >= 15 is 0 Å². The first-order chi connectivity index (χ1) is 16.3. The molecule has 8 heteroatoms. The van der Waals surface area contributed by atoms with Gasteiger partial charge < -0.3 is 4.90 Å². The molecule has 1 aliphatic heterocycles. The van der Waals surface area contributed by atoms with E-state index < -0.39 is 10.8 Å². The number of anilines is 1. The largest absolute Gasteiger partial charge is 0.338 e. The minimum Gasteiger partial charge on any atom is -0.338 e. The Kier molecular flexibility index (Phi) is 6.95. The molecule has 1 saturated heterocycles. The van der Waals surface area contributed by atoms with Gasteiger partial charge in [-0.3, -0.25) is 19.8 Å². The van der Waals surface area contributed by atoms with Gasteiger partial charge in [-0.15, -0.1) is 0 Å². The number of amides is 1. The first kappa shape index (κ1) is 23.9. The van der Waals surface area contributed by atoms with Gasteiger partial charge in [0.15, 0.2) is 5.11 Å². The van der Waals surface area contributed by atoms with Gasteiger partial charge in [-0.2, -0.15) is 0 Å². The van der Waals surface area contributed by atoms with Crippen LogP contribution in [0.2, 0.25) is 5.02 Å². The van der Waals surface area contributed by atoms with Crippen molar-refractivity contribution in [3.05, 3.63) is 105 Å². The lowest BCUT2D eigenvalue weighted by Crippen LogP contribution is -2.62.